The number of nitrogens with one attached hydrogen (secondary N) is 3. The molecule has 0 spiro atoms. The van der Waals surface area contributed by atoms with Crippen LogP contribution in [-0.2, 0) is 10.0 Å². The van der Waals surface area contributed by atoms with Crippen LogP contribution in [0.1, 0.15) is 16.7 Å². The molecule has 0 saturated heterocycles. The Morgan fingerprint density at radius 1 is 1.11 bits per heavy atom. The molecule has 144 valence electrons. The number of hydrogen-bond acceptors (Lipinski definition) is 5. The maximum atomic E-state index is 12.7. The summed E-state index contributed by atoms with van der Waals surface area (Å²) in [6.07, 6.45) is 1.54. The summed E-state index contributed by atoms with van der Waals surface area (Å²) in [6.45, 7) is 4.03. The van der Waals surface area contributed by atoms with Gasteiger partial charge in [0.2, 0.25) is 5.88 Å². The van der Waals surface area contributed by atoms with E-state index < -0.39 is 10.0 Å². The molecule has 0 atom stereocenters. The first-order valence-corrected chi connectivity index (χ1v) is 10.2. The summed E-state index contributed by atoms with van der Waals surface area (Å²) in [6, 6.07) is 14.0. The van der Waals surface area contributed by atoms with Crippen molar-refractivity contribution in [1.29, 1.82) is 5.41 Å². The summed E-state index contributed by atoms with van der Waals surface area (Å²) in [5.74, 6) is 0.908. The molecule has 3 N–H and O–H groups in total. The standard InChI is InChI=1S/C20H20N4O3S/c1-13-3-4-14(2)18(11-13)28(25,26)23-15-5-7-16(8-6-15)24-12-22-20-17(19(24)21)9-10-27-20/h3-11,21-23H,12H2,1-2H3. The van der Waals surface area contributed by atoms with Crippen LogP contribution in [0.15, 0.2) is 64.1 Å². The molecule has 0 amide bonds. The second-order valence-electron chi connectivity index (χ2n) is 6.70. The van der Waals surface area contributed by atoms with Crippen LogP contribution in [0, 0.1) is 19.3 Å². The predicted octanol–water partition coefficient (Wildman–Crippen LogP) is 3.91. The van der Waals surface area contributed by atoms with Crippen LogP contribution in [0.5, 0.6) is 0 Å². The molecule has 0 saturated carbocycles. The van der Waals surface area contributed by atoms with E-state index in [0.29, 0.717) is 35.2 Å². The summed E-state index contributed by atoms with van der Waals surface area (Å²) in [4.78, 5) is 2.05. The van der Waals surface area contributed by atoms with Crippen molar-refractivity contribution in [3.8, 4) is 0 Å². The second kappa shape index (κ2) is 6.72. The van der Waals surface area contributed by atoms with Crippen molar-refractivity contribution in [2.24, 2.45) is 0 Å². The number of benzene rings is 2. The Morgan fingerprint density at radius 2 is 1.86 bits per heavy atom. The summed E-state index contributed by atoms with van der Waals surface area (Å²) >= 11 is 0. The maximum absolute atomic E-state index is 12.7. The molecule has 2 heterocycles. The van der Waals surface area contributed by atoms with Gasteiger partial charge in [-0.1, -0.05) is 12.1 Å². The Bertz CT molecular complexity index is 1150. The highest BCUT2D eigenvalue weighted by atomic mass is 32.2. The van der Waals surface area contributed by atoms with Gasteiger partial charge in [0.1, 0.15) is 5.84 Å². The van der Waals surface area contributed by atoms with Crippen LogP contribution >= 0.6 is 0 Å². The summed E-state index contributed by atoms with van der Waals surface area (Å²) < 4.78 is 33.4. The molecule has 7 nitrogen and oxygen atoms in total. The number of fused-ring (bicyclic) bond motifs is 1. The lowest BCUT2D eigenvalue weighted by molar-refractivity contribution is 0.577. The summed E-state index contributed by atoms with van der Waals surface area (Å²) in [7, 11) is -3.68. The van der Waals surface area contributed by atoms with Crippen LogP contribution in [0.3, 0.4) is 0 Å². The maximum Gasteiger partial charge on any atom is 0.262 e. The van der Waals surface area contributed by atoms with Crippen molar-refractivity contribution in [3.05, 3.63) is 71.5 Å². The van der Waals surface area contributed by atoms with Gasteiger partial charge in [0.15, 0.2) is 0 Å². The number of nitrogens with zero attached hydrogens (tertiary/aromatic N) is 1. The minimum absolute atomic E-state index is 0.270. The molecule has 8 heteroatoms. The van der Waals surface area contributed by atoms with Gasteiger partial charge in [0, 0.05) is 11.4 Å². The van der Waals surface area contributed by atoms with E-state index >= 15 is 0 Å². The first-order chi connectivity index (χ1) is 13.3. The van der Waals surface area contributed by atoms with Gasteiger partial charge < -0.3 is 14.6 Å². The molecule has 0 fully saturated rings. The molecule has 1 aliphatic rings. The summed E-state index contributed by atoms with van der Waals surface area (Å²) in [5, 5.41) is 11.5. The average molecular weight is 396 g/mol. The van der Waals surface area contributed by atoms with Crippen LogP contribution in [0.2, 0.25) is 0 Å². The smallest absolute Gasteiger partial charge is 0.262 e. The lowest BCUT2D eigenvalue weighted by Gasteiger charge is -2.29. The molecular weight excluding hydrogens is 376 g/mol. The molecule has 1 aliphatic heterocycles. The van der Waals surface area contributed by atoms with Crippen molar-refractivity contribution in [2.75, 3.05) is 21.6 Å². The van der Waals surface area contributed by atoms with Crippen molar-refractivity contribution >= 4 is 33.1 Å². The first kappa shape index (κ1) is 18.1. The molecule has 2 aromatic carbocycles. The third-order valence-corrected chi connectivity index (χ3v) is 6.18. The fraction of sp³-hybridized carbons (Fsp3) is 0.150. The van der Waals surface area contributed by atoms with E-state index in [4.69, 9.17) is 9.83 Å². The highest BCUT2D eigenvalue weighted by Crippen LogP contribution is 2.28. The molecule has 0 radical (unpaired) electrons. The van der Waals surface area contributed by atoms with Gasteiger partial charge in [-0.05, 0) is 61.4 Å². The largest absolute Gasteiger partial charge is 0.448 e. The molecule has 4 rings (SSSR count). The van der Waals surface area contributed by atoms with Gasteiger partial charge in [-0.3, -0.25) is 10.1 Å². The van der Waals surface area contributed by atoms with E-state index in [1.807, 2.05) is 13.0 Å². The van der Waals surface area contributed by atoms with E-state index in [2.05, 4.69) is 10.0 Å². The fourth-order valence-corrected chi connectivity index (χ4v) is 4.53. The molecule has 0 bridgehead atoms. The highest BCUT2D eigenvalue weighted by Gasteiger charge is 2.24. The summed E-state index contributed by atoms with van der Waals surface area (Å²) in [5.41, 5.74) is 3.50. The third kappa shape index (κ3) is 3.22. The topological polar surface area (TPSA) is 98.4 Å². The zero-order chi connectivity index (χ0) is 19.9. The Kier molecular flexibility index (Phi) is 4.35. The van der Waals surface area contributed by atoms with Crippen LogP contribution < -0.4 is 14.9 Å². The molecule has 3 aromatic rings. The minimum atomic E-state index is -3.68. The number of aryl methyl sites for hydroxylation is 2. The van der Waals surface area contributed by atoms with E-state index in [0.717, 1.165) is 11.3 Å². The van der Waals surface area contributed by atoms with Crippen LogP contribution in [0.4, 0.5) is 17.3 Å². The SMILES string of the molecule is Cc1ccc(C)c(S(=O)(=O)Nc2ccc(N3CNc4occc4C3=N)cc2)c1. The Labute approximate surface area is 163 Å². The third-order valence-electron chi connectivity index (χ3n) is 4.65. The van der Waals surface area contributed by atoms with Gasteiger partial charge in [-0.15, -0.1) is 0 Å². The first-order valence-electron chi connectivity index (χ1n) is 8.73. The number of sulfonamides is 1. The zero-order valence-electron chi connectivity index (χ0n) is 15.5. The van der Waals surface area contributed by atoms with Gasteiger partial charge in [0.05, 0.1) is 23.4 Å². The average Bonchev–Trinajstić information content (AvgIpc) is 3.14. The van der Waals surface area contributed by atoms with Crippen molar-refractivity contribution in [1.82, 2.24) is 0 Å². The van der Waals surface area contributed by atoms with Crippen LogP contribution in [0.25, 0.3) is 0 Å². The zero-order valence-corrected chi connectivity index (χ0v) is 16.3. The Balaban J connectivity index is 1.56. The van der Waals surface area contributed by atoms with Gasteiger partial charge in [0.25, 0.3) is 10.0 Å². The van der Waals surface area contributed by atoms with Crippen molar-refractivity contribution < 1.29 is 12.8 Å². The van der Waals surface area contributed by atoms with Gasteiger partial charge in [-0.25, -0.2) is 8.42 Å². The monoisotopic (exact) mass is 396 g/mol. The quantitative estimate of drug-likeness (QED) is 0.621. The predicted molar refractivity (Wildman–Crippen MR) is 110 cm³/mol. The van der Waals surface area contributed by atoms with E-state index in [1.165, 1.54) is 0 Å². The normalized spacial score (nSPS) is 13.8. The number of furan rings is 1. The number of rotatable bonds is 4. The Morgan fingerprint density at radius 3 is 2.61 bits per heavy atom. The molecule has 28 heavy (non-hydrogen) atoms. The second-order valence-corrected chi connectivity index (χ2v) is 8.35. The van der Waals surface area contributed by atoms with E-state index in [-0.39, 0.29) is 4.90 Å². The Hall–Kier alpha value is -3.26. The van der Waals surface area contributed by atoms with Gasteiger partial charge in [-0.2, -0.15) is 0 Å². The molecule has 0 aliphatic carbocycles. The van der Waals surface area contributed by atoms with E-state index in [9.17, 15) is 8.42 Å². The minimum Gasteiger partial charge on any atom is -0.448 e. The lowest BCUT2D eigenvalue weighted by atomic mass is 10.2. The van der Waals surface area contributed by atoms with Crippen molar-refractivity contribution in [2.45, 2.75) is 18.7 Å². The highest BCUT2D eigenvalue weighted by molar-refractivity contribution is 7.92. The number of hydrogen-bond donors (Lipinski definition) is 3. The number of amidine groups is 1. The number of anilines is 3. The molecular formula is C20H20N4O3S. The van der Waals surface area contributed by atoms with E-state index in [1.54, 1.807) is 60.6 Å². The lowest BCUT2D eigenvalue weighted by Crippen LogP contribution is -2.39. The van der Waals surface area contributed by atoms with Crippen LogP contribution in [-0.4, -0.2) is 20.9 Å². The van der Waals surface area contributed by atoms with Gasteiger partial charge >= 0.3 is 0 Å². The molecule has 0 unspecified atom stereocenters. The van der Waals surface area contributed by atoms with Crippen molar-refractivity contribution in [3.63, 3.8) is 0 Å². The molecule has 1 aromatic heterocycles. The fourth-order valence-electron chi connectivity index (χ4n) is 3.14.